The first-order chi connectivity index (χ1) is 13.2. The lowest BCUT2D eigenvalue weighted by Gasteiger charge is -2.28. The summed E-state index contributed by atoms with van der Waals surface area (Å²) in [5.74, 6) is 1.32. The van der Waals surface area contributed by atoms with Gasteiger partial charge in [0.25, 0.3) is 5.91 Å². The summed E-state index contributed by atoms with van der Waals surface area (Å²) in [7, 11) is 1.58. The minimum atomic E-state index is -0.173. The van der Waals surface area contributed by atoms with E-state index >= 15 is 0 Å². The highest BCUT2D eigenvalue weighted by molar-refractivity contribution is 7.20. The number of hydrogen-bond donors (Lipinski definition) is 1. The number of rotatable bonds is 4. The van der Waals surface area contributed by atoms with Gasteiger partial charge in [0.2, 0.25) is 0 Å². The van der Waals surface area contributed by atoms with Crippen LogP contribution in [0.5, 0.6) is 5.75 Å². The monoisotopic (exact) mass is 384 g/mol. The summed E-state index contributed by atoms with van der Waals surface area (Å²) in [5, 5.41) is 3.88. The van der Waals surface area contributed by atoms with Gasteiger partial charge in [0, 0.05) is 13.1 Å². The molecule has 0 bridgehead atoms. The normalized spacial score (nSPS) is 14.4. The smallest absolute Gasteiger partial charge is 0.266 e. The predicted octanol–water partition coefficient (Wildman–Crippen LogP) is 3.10. The summed E-state index contributed by atoms with van der Waals surface area (Å²) >= 11 is 1.38. The largest absolute Gasteiger partial charge is 0.495 e. The molecule has 1 aliphatic heterocycles. The number of ether oxygens (including phenoxy) is 2. The molecule has 8 heteroatoms. The molecule has 3 aromatic rings. The SMILES string of the molecule is COc1ccccc1NC(=O)c1sc2ncnc(N3CCOCC3)c2c1C. The summed E-state index contributed by atoms with van der Waals surface area (Å²) in [6, 6.07) is 7.36. The number of nitrogens with one attached hydrogen (secondary N) is 1. The molecule has 0 aliphatic carbocycles. The van der Waals surface area contributed by atoms with Crippen LogP contribution in [0.2, 0.25) is 0 Å². The lowest BCUT2D eigenvalue weighted by Crippen LogP contribution is -2.36. The molecule has 1 aromatic carbocycles. The molecular formula is C19H20N4O3S. The van der Waals surface area contributed by atoms with Crippen molar-refractivity contribution in [1.82, 2.24) is 9.97 Å². The van der Waals surface area contributed by atoms with Crippen molar-refractivity contribution in [3.05, 3.63) is 41.0 Å². The third-order valence-electron chi connectivity index (χ3n) is 4.58. The number of methoxy groups -OCH3 is 1. The Balaban J connectivity index is 1.70. The van der Waals surface area contributed by atoms with Crippen molar-refractivity contribution in [1.29, 1.82) is 0 Å². The number of aromatic nitrogens is 2. The van der Waals surface area contributed by atoms with Crippen molar-refractivity contribution in [2.75, 3.05) is 43.6 Å². The molecule has 1 amide bonds. The maximum atomic E-state index is 12.9. The van der Waals surface area contributed by atoms with Crippen LogP contribution in [0.3, 0.4) is 0 Å². The quantitative estimate of drug-likeness (QED) is 0.745. The molecule has 1 fully saturated rings. The topological polar surface area (TPSA) is 76.6 Å². The first-order valence-electron chi connectivity index (χ1n) is 8.70. The summed E-state index contributed by atoms with van der Waals surface area (Å²) in [5.41, 5.74) is 1.53. The second-order valence-electron chi connectivity index (χ2n) is 6.19. The Morgan fingerprint density at radius 3 is 2.81 bits per heavy atom. The Bertz CT molecular complexity index is 982. The number of aryl methyl sites for hydroxylation is 1. The molecule has 0 unspecified atom stereocenters. The van der Waals surface area contributed by atoms with Crippen LogP contribution >= 0.6 is 11.3 Å². The van der Waals surface area contributed by atoms with E-state index in [0.29, 0.717) is 29.5 Å². The van der Waals surface area contributed by atoms with Crippen molar-refractivity contribution in [3.8, 4) is 5.75 Å². The summed E-state index contributed by atoms with van der Waals surface area (Å²) in [4.78, 5) is 25.4. The number of carbonyl (C=O) groups is 1. The van der Waals surface area contributed by atoms with Gasteiger partial charge in [-0.15, -0.1) is 11.3 Å². The van der Waals surface area contributed by atoms with Gasteiger partial charge in [0.15, 0.2) is 0 Å². The average Bonchev–Trinajstić information content (AvgIpc) is 3.06. The standard InChI is InChI=1S/C19H20N4O3S/c1-12-15-17(23-7-9-26-10-8-23)20-11-21-19(15)27-16(12)18(24)22-13-5-3-4-6-14(13)25-2/h3-6,11H,7-10H2,1-2H3,(H,22,24). The van der Waals surface area contributed by atoms with Gasteiger partial charge < -0.3 is 19.7 Å². The summed E-state index contributed by atoms with van der Waals surface area (Å²) in [6.45, 7) is 4.86. The number of fused-ring (bicyclic) bond motifs is 1. The van der Waals surface area contributed by atoms with E-state index in [4.69, 9.17) is 9.47 Å². The van der Waals surface area contributed by atoms with Crippen LogP contribution in [-0.2, 0) is 4.74 Å². The van der Waals surface area contributed by atoms with Crippen molar-refractivity contribution >= 4 is 39.0 Å². The molecule has 3 heterocycles. The molecule has 0 saturated carbocycles. The second-order valence-corrected chi connectivity index (χ2v) is 7.19. The Morgan fingerprint density at radius 1 is 1.26 bits per heavy atom. The number of hydrogen-bond acceptors (Lipinski definition) is 7. The first kappa shape index (κ1) is 17.7. The van der Waals surface area contributed by atoms with E-state index in [9.17, 15) is 4.79 Å². The molecule has 140 valence electrons. The molecule has 2 aromatic heterocycles. The molecule has 0 atom stereocenters. The van der Waals surface area contributed by atoms with Crippen molar-refractivity contribution < 1.29 is 14.3 Å². The van der Waals surface area contributed by atoms with Crippen LogP contribution in [0, 0.1) is 6.92 Å². The van der Waals surface area contributed by atoms with E-state index in [1.807, 2.05) is 31.2 Å². The Morgan fingerprint density at radius 2 is 2.04 bits per heavy atom. The van der Waals surface area contributed by atoms with E-state index in [2.05, 4.69) is 20.2 Å². The highest BCUT2D eigenvalue weighted by Gasteiger charge is 2.23. The van der Waals surface area contributed by atoms with Gasteiger partial charge in [-0.25, -0.2) is 9.97 Å². The Labute approximate surface area is 160 Å². The number of benzene rings is 1. The summed E-state index contributed by atoms with van der Waals surface area (Å²) < 4.78 is 10.8. The molecule has 4 rings (SSSR count). The first-order valence-corrected chi connectivity index (χ1v) is 9.52. The molecule has 0 spiro atoms. The van der Waals surface area contributed by atoms with Gasteiger partial charge in [0.1, 0.15) is 22.7 Å². The third-order valence-corrected chi connectivity index (χ3v) is 5.78. The zero-order chi connectivity index (χ0) is 18.8. The van der Waals surface area contributed by atoms with E-state index in [1.165, 1.54) is 11.3 Å². The second kappa shape index (κ2) is 7.50. The van der Waals surface area contributed by atoms with Crippen LogP contribution in [0.4, 0.5) is 11.5 Å². The average molecular weight is 384 g/mol. The Kier molecular flexibility index (Phi) is 4.91. The van der Waals surface area contributed by atoms with Crippen LogP contribution < -0.4 is 15.0 Å². The number of nitrogens with zero attached hydrogens (tertiary/aromatic N) is 3. The highest BCUT2D eigenvalue weighted by Crippen LogP contribution is 2.36. The van der Waals surface area contributed by atoms with Gasteiger partial charge in [-0.3, -0.25) is 4.79 Å². The highest BCUT2D eigenvalue weighted by atomic mass is 32.1. The lowest BCUT2D eigenvalue weighted by molar-refractivity contribution is 0.102. The van der Waals surface area contributed by atoms with Gasteiger partial charge in [-0.05, 0) is 24.6 Å². The Hall–Kier alpha value is -2.71. The third kappa shape index (κ3) is 3.33. The zero-order valence-corrected chi connectivity index (χ0v) is 16.0. The number of morpholine rings is 1. The minimum Gasteiger partial charge on any atom is -0.495 e. The molecular weight excluding hydrogens is 364 g/mol. The van der Waals surface area contributed by atoms with Gasteiger partial charge in [-0.2, -0.15) is 0 Å². The van der Waals surface area contributed by atoms with Crippen LogP contribution in [-0.4, -0.2) is 49.3 Å². The molecule has 27 heavy (non-hydrogen) atoms. The van der Waals surface area contributed by atoms with Crippen LogP contribution in [0.15, 0.2) is 30.6 Å². The fraction of sp³-hybridized carbons (Fsp3) is 0.316. The lowest BCUT2D eigenvalue weighted by atomic mass is 10.1. The molecule has 0 radical (unpaired) electrons. The van der Waals surface area contributed by atoms with Crippen molar-refractivity contribution in [2.45, 2.75) is 6.92 Å². The van der Waals surface area contributed by atoms with Crippen LogP contribution in [0.1, 0.15) is 15.2 Å². The molecule has 7 nitrogen and oxygen atoms in total. The fourth-order valence-corrected chi connectivity index (χ4v) is 4.25. The molecule has 1 N–H and O–H groups in total. The fourth-order valence-electron chi connectivity index (χ4n) is 3.21. The maximum Gasteiger partial charge on any atom is 0.266 e. The minimum absolute atomic E-state index is 0.173. The van der Waals surface area contributed by atoms with E-state index in [1.54, 1.807) is 13.4 Å². The van der Waals surface area contributed by atoms with Crippen LogP contribution in [0.25, 0.3) is 10.2 Å². The van der Waals surface area contributed by atoms with E-state index in [-0.39, 0.29) is 5.91 Å². The number of anilines is 2. The van der Waals surface area contributed by atoms with E-state index in [0.717, 1.165) is 34.7 Å². The molecule has 1 saturated heterocycles. The predicted molar refractivity (Wildman–Crippen MR) is 106 cm³/mol. The number of amides is 1. The van der Waals surface area contributed by atoms with Gasteiger partial charge >= 0.3 is 0 Å². The van der Waals surface area contributed by atoms with E-state index < -0.39 is 0 Å². The van der Waals surface area contributed by atoms with Gasteiger partial charge in [0.05, 0.1) is 36.3 Å². The van der Waals surface area contributed by atoms with Gasteiger partial charge in [-0.1, -0.05) is 12.1 Å². The maximum absolute atomic E-state index is 12.9. The van der Waals surface area contributed by atoms with Crippen molar-refractivity contribution in [2.24, 2.45) is 0 Å². The van der Waals surface area contributed by atoms with Crippen molar-refractivity contribution in [3.63, 3.8) is 0 Å². The summed E-state index contributed by atoms with van der Waals surface area (Å²) in [6.07, 6.45) is 1.56. The number of thiophene rings is 1. The number of carbonyl (C=O) groups excluding carboxylic acids is 1. The molecule has 1 aliphatic rings. The number of para-hydroxylation sites is 2. The zero-order valence-electron chi connectivity index (χ0n) is 15.2.